The number of benzene rings is 1. The Morgan fingerprint density at radius 3 is 2.45 bits per heavy atom. The number of aryl methyl sites for hydroxylation is 1. The van der Waals surface area contributed by atoms with E-state index in [0.29, 0.717) is 5.88 Å². The van der Waals surface area contributed by atoms with Gasteiger partial charge >= 0.3 is 0 Å². The third kappa shape index (κ3) is 3.02. The van der Waals surface area contributed by atoms with Gasteiger partial charge in [0.15, 0.2) is 0 Å². The summed E-state index contributed by atoms with van der Waals surface area (Å²) in [4.78, 5) is 13.5. The minimum Gasteiger partial charge on any atom is -0.480 e. The number of rotatable bonds is 3. The maximum absolute atomic E-state index is 5.25. The van der Waals surface area contributed by atoms with Crippen LogP contribution in [0, 0.1) is 6.92 Å². The molecule has 0 radical (unpaired) electrons. The predicted octanol–water partition coefficient (Wildman–Crippen LogP) is 2.88. The molecule has 1 aliphatic rings. The first-order chi connectivity index (χ1) is 10.7. The monoisotopic (exact) mass is 362 g/mol. The van der Waals surface area contributed by atoms with Gasteiger partial charge in [-0.3, -0.25) is 0 Å². The summed E-state index contributed by atoms with van der Waals surface area (Å²) in [6.45, 7) is 5.89. The minimum atomic E-state index is 0.575. The van der Waals surface area contributed by atoms with Crippen molar-refractivity contribution in [3.05, 3.63) is 40.5 Å². The summed E-state index contributed by atoms with van der Waals surface area (Å²) in [7, 11) is 1.62. The summed E-state index contributed by atoms with van der Waals surface area (Å²) in [5, 5.41) is 0. The SMILES string of the molecule is COc1nc(N2CCN(c3ccccc3C)CC2)ncc1Br. The number of hydrogen-bond donors (Lipinski definition) is 0. The van der Waals surface area contributed by atoms with Crippen molar-refractivity contribution < 1.29 is 4.74 Å². The molecule has 0 bridgehead atoms. The van der Waals surface area contributed by atoms with E-state index >= 15 is 0 Å². The van der Waals surface area contributed by atoms with Crippen LogP contribution in [0.3, 0.4) is 0 Å². The van der Waals surface area contributed by atoms with E-state index in [1.165, 1.54) is 11.3 Å². The van der Waals surface area contributed by atoms with Crippen molar-refractivity contribution in [2.24, 2.45) is 0 Å². The number of anilines is 2. The second kappa shape index (κ2) is 6.52. The van der Waals surface area contributed by atoms with Gasteiger partial charge in [0.2, 0.25) is 11.8 Å². The Labute approximate surface area is 139 Å². The van der Waals surface area contributed by atoms with Gasteiger partial charge in [0.05, 0.1) is 17.8 Å². The zero-order valence-corrected chi connectivity index (χ0v) is 14.4. The molecule has 3 rings (SSSR count). The van der Waals surface area contributed by atoms with E-state index in [1.807, 2.05) is 0 Å². The Kier molecular flexibility index (Phi) is 4.47. The molecule has 0 atom stereocenters. The highest BCUT2D eigenvalue weighted by Crippen LogP contribution is 2.25. The molecule has 6 heteroatoms. The Morgan fingerprint density at radius 1 is 1.09 bits per heavy atom. The van der Waals surface area contributed by atoms with Crippen LogP contribution < -0.4 is 14.5 Å². The number of hydrogen-bond acceptors (Lipinski definition) is 5. The van der Waals surface area contributed by atoms with Crippen LogP contribution in [0.15, 0.2) is 34.9 Å². The third-order valence-corrected chi connectivity index (χ3v) is 4.46. The van der Waals surface area contributed by atoms with Crippen LogP contribution in [0.1, 0.15) is 5.56 Å². The quantitative estimate of drug-likeness (QED) is 0.839. The maximum atomic E-state index is 5.25. The lowest BCUT2D eigenvalue weighted by molar-refractivity contribution is 0.393. The first kappa shape index (κ1) is 15.1. The summed E-state index contributed by atoms with van der Waals surface area (Å²) >= 11 is 3.39. The molecule has 0 amide bonds. The molecule has 1 saturated heterocycles. The van der Waals surface area contributed by atoms with Gasteiger partial charge in [-0.25, -0.2) is 4.98 Å². The fourth-order valence-electron chi connectivity index (χ4n) is 2.70. The smallest absolute Gasteiger partial charge is 0.232 e. The largest absolute Gasteiger partial charge is 0.480 e. The topological polar surface area (TPSA) is 41.5 Å². The average Bonchev–Trinajstić information content (AvgIpc) is 2.56. The van der Waals surface area contributed by atoms with Crippen LogP contribution in [0.25, 0.3) is 0 Å². The Morgan fingerprint density at radius 2 is 1.77 bits per heavy atom. The molecule has 116 valence electrons. The van der Waals surface area contributed by atoms with E-state index in [1.54, 1.807) is 13.3 Å². The molecule has 22 heavy (non-hydrogen) atoms. The number of para-hydroxylation sites is 1. The van der Waals surface area contributed by atoms with Gasteiger partial charge in [-0.15, -0.1) is 0 Å². The Balaban J connectivity index is 1.71. The summed E-state index contributed by atoms with van der Waals surface area (Å²) in [6.07, 6.45) is 1.74. The molecule has 1 aliphatic heterocycles. The predicted molar refractivity (Wildman–Crippen MR) is 91.9 cm³/mol. The number of ether oxygens (including phenoxy) is 1. The van der Waals surface area contributed by atoms with Crippen LogP contribution >= 0.6 is 15.9 Å². The van der Waals surface area contributed by atoms with E-state index in [0.717, 1.165) is 36.6 Å². The number of methoxy groups -OCH3 is 1. The van der Waals surface area contributed by atoms with Gasteiger partial charge in [0.25, 0.3) is 0 Å². The van der Waals surface area contributed by atoms with Crippen molar-refractivity contribution in [3.63, 3.8) is 0 Å². The Hall–Kier alpha value is -1.82. The number of halogens is 1. The van der Waals surface area contributed by atoms with Gasteiger partial charge in [-0.05, 0) is 34.5 Å². The normalized spacial score (nSPS) is 15.0. The summed E-state index contributed by atoms with van der Waals surface area (Å²) < 4.78 is 6.02. The van der Waals surface area contributed by atoms with Crippen LogP contribution in [0.2, 0.25) is 0 Å². The maximum Gasteiger partial charge on any atom is 0.232 e. The van der Waals surface area contributed by atoms with Gasteiger partial charge < -0.3 is 14.5 Å². The fraction of sp³-hybridized carbons (Fsp3) is 0.375. The van der Waals surface area contributed by atoms with Gasteiger partial charge in [0.1, 0.15) is 0 Å². The highest BCUT2D eigenvalue weighted by molar-refractivity contribution is 9.10. The second-order valence-electron chi connectivity index (χ2n) is 5.29. The van der Waals surface area contributed by atoms with Gasteiger partial charge in [-0.2, -0.15) is 4.98 Å². The van der Waals surface area contributed by atoms with Crippen LogP contribution in [0.5, 0.6) is 5.88 Å². The van der Waals surface area contributed by atoms with Crippen LogP contribution in [-0.4, -0.2) is 43.3 Å². The zero-order valence-electron chi connectivity index (χ0n) is 12.8. The standard InChI is InChI=1S/C16H19BrN4O/c1-12-5-3-4-6-14(12)20-7-9-21(10-8-20)16-18-11-13(17)15(19-16)22-2/h3-6,11H,7-10H2,1-2H3. The van der Waals surface area contributed by atoms with E-state index in [4.69, 9.17) is 4.74 Å². The first-order valence-electron chi connectivity index (χ1n) is 7.31. The molecule has 2 aromatic rings. The van der Waals surface area contributed by atoms with Crippen molar-refractivity contribution in [3.8, 4) is 5.88 Å². The van der Waals surface area contributed by atoms with Crippen LogP contribution in [0.4, 0.5) is 11.6 Å². The number of piperazine rings is 1. The second-order valence-corrected chi connectivity index (χ2v) is 6.14. The molecular weight excluding hydrogens is 344 g/mol. The van der Waals surface area contributed by atoms with E-state index < -0.39 is 0 Å². The summed E-state index contributed by atoms with van der Waals surface area (Å²) in [5.41, 5.74) is 2.63. The summed E-state index contributed by atoms with van der Waals surface area (Å²) in [5.74, 6) is 1.30. The molecule has 0 N–H and O–H groups in total. The fourth-order valence-corrected chi connectivity index (χ4v) is 3.06. The molecule has 0 spiro atoms. The number of nitrogens with zero attached hydrogens (tertiary/aromatic N) is 4. The molecule has 0 saturated carbocycles. The first-order valence-corrected chi connectivity index (χ1v) is 8.10. The molecule has 0 aliphatic carbocycles. The number of aromatic nitrogens is 2. The Bertz CT molecular complexity index is 656. The average molecular weight is 363 g/mol. The molecule has 0 unspecified atom stereocenters. The third-order valence-electron chi connectivity index (χ3n) is 3.91. The lowest BCUT2D eigenvalue weighted by atomic mass is 10.1. The summed E-state index contributed by atoms with van der Waals surface area (Å²) in [6, 6.07) is 8.52. The lowest BCUT2D eigenvalue weighted by Crippen LogP contribution is -2.47. The van der Waals surface area contributed by atoms with E-state index in [9.17, 15) is 0 Å². The molecule has 1 fully saturated rings. The molecule has 1 aromatic heterocycles. The molecular formula is C16H19BrN4O. The zero-order chi connectivity index (χ0) is 15.5. The minimum absolute atomic E-state index is 0.575. The van der Waals surface area contributed by atoms with Crippen LogP contribution in [-0.2, 0) is 0 Å². The molecule has 5 nitrogen and oxygen atoms in total. The van der Waals surface area contributed by atoms with Crippen molar-refractivity contribution in [2.45, 2.75) is 6.92 Å². The molecule has 1 aromatic carbocycles. The molecule has 2 heterocycles. The van der Waals surface area contributed by atoms with Crippen molar-refractivity contribution in [1.29, 1.82) is 0 Å². The van der Waals surface area contributed by atoms with E-state index in [2.05, 4.69) is 66.9 Å². The van der Waals surface area contributed by atoms with E-state index in [-0.39, 0.29) is 0 Å². The van der Waals surface area contributed by atoms with Crippen molar-refractivity contribution in [2.75, 3.05) is 43.1 Å². The van der Waals surface area contributed by atoms with Gasteiger partial charge in [-0.1, -0.05) is 18.2 Å². The van der Waals surface area contributed by atoms with Gasteiger partial charge in [0, 0.05) is 31.9 Å². The highest BCUT2D eigenvalue weighted by Gasteiger charge is 2.20. The van der Waals surface area contributed by atoms with Crippen molar-refractivity contribution in [1.82, 2.24) is 9.97 Å². The van der Waals surface area contributed by atoms with Crippen molar-refractivity contribution >= 4 is 27.6 Å². The highest BCUT2D eigenvalue weighted by atomic mass is 79.9. The lowest BCUT2D eigenvalue weighted by Gasteiger charge is -2.36.